The van der Waals surface area contributed by atoms with Gasteiger partial charge in [-0.1, -0.05) is 5.21 Å². The topological polar surface area (TPSA) is 489 Å². The number of aliphatic hydroxyl groups is 4. The zero-order chi connectivity index (χ0) is 58.6. The number of anilines is 1. The minimum absolute atomic E-state index is 0.0431. The van der Waals surface area contributed by atoms with E-state index in [0.717, 1.165) is 0 Å². The van der Waals surface area contributed by atoms with Crippen molar-refractivity contribution < 1.29 is 106 Å². The number of aliphatic carboxylic acids is 3. The molecule has 0 aromatic carbocycles. The Labute approximate surface area is 459 Å². The fourth-order valence-electron chi connectivity index (χ4n) is 8.90. The van der Waals surface area contributed by atoms with Gasteiger partial charge in [-0.3, -0.25) is 61.9 Å². The van der Waals surface area contributed by atoms with Gasteiger partial charge >= 0.3 is 33.6 Å². The van der Waals surface area contributed by atoms with E-state index in [1.54, 1.807) is 25.6 Å². The van der Waals surface area contributed by atoms with E-state index in [4.69, 9.17) is 24.3 Å². The quantitative estimate of drug-likeness (QED) is 0.0159. The number of hydrogen-bond donors (Lipinski definition) is 12. The summed E-state index contributed by atoms with van der Waals surface area (Å²) in [5.74, 6) is -4.06. The highest BCUT2D eigenvalue weighted by molar-refractivity contribution is 7.61. The number of rotatable bonds is 26. The first-order chi connectivity index (χ1) is 38.4. The van der Waals surface area contributed by atoms with Crippen molar-refractivity contribution in [1.82, 2.24) is 59.4 Å². The number of nitrogens with zero attached hydrogens (tertiary/aromatic N) is 12. The summed E-state index contributed by atoms with van der Waals surface area (Å²) in [4.78, 5) is 99.6. The molecule has 3 aliphatic heterocycles. The predicted molar refractivity (Wildman–Crippen MR) is 269 cm³/mol. The molecule has 0 spiro atoms. The van der Waals surface area contributed by atoms with Gasteiger partial charge in [-0.2, -0.15) is 8.88 Å². The molecule has 81 heavy (non-hydrogen) atoms. The fraction of sp³-hybridized carbons (Fsp3) is 0.605. The second-order valence-corrected chi connectivity index (χ2v) is 22.0. The number of nitrogens with two attached hydrogens (primary N) is 1. The van der Waals surface area contributed by atoms with E-state index in [1.807, 2.05) is 4.90 Å². The van der Waals surface area contributed by atoms with Gasteiger partial charge in [0.1, 0.15) is 48.1 Å². The van der Waals surface area contributed by atoms with Crippen molar-refractivity contribution in [2.75, 3.05) is 104 Å². The molecule has 13 N–H and O–H groups in total. The minimum atomic E-state index is -5.49. The zero-order valence-corrected chi connectivity index (χ0v) is 44.9. The Balaban J connectivity index is 0.852. The molecule has 3 fully saturated rings. The number of phosphoric acid groups is 2. The van der Waals surface area contributed by atoms with Crippen LogP contribution in [0.1, 0.15) is 34.9 Å². The summed E-state index contributed by atoms with van der Waals surface area (Å²) in [6, 6.07) is 2.81. The lowest BCUT2D eigenvalue weighted by Crippen LogP contribution is -2.49. The van der Waals surface area contributed by atoms with Gasteiger partial charge in [-0.05, 0) is 12.5 Å². The Kier molecular flexibility index (Phi) is 21.8. The SMILES string of the molecule is NC(=O)c1ccc[n+]([C@@H]2O[C@H](COP(=O)(O)OP(=O)(O)OC[C@H]3O[C@@H](n4cnc5c(NCc6cn(CCCNC(=O)CN7CCN(CC(=O)O)CCN(CC(=O)O)CCN(CC(=O)O)CC7)nn6)ncnc54)[C@H](O)[C@@H]3O)[C@@H](O)[C@H]2O)c1. The number of hydrogen-bond acceptors (Lipinski definition) is 26. The van der Waals surface area contributed by atoms with Gasteiger partial charge in [0, 0.05) is 71.5 Å². The van der Waals surface area contributed by atoms with Crippen LogP contribution in [0.3, 0.4) is 0 Å². The first kappa shape index (κ1) is 62.5. The van der Waals surface area contributed by atoms with Crippen LogP contribution in [0.25, 0.3) is 11.2 Å². The molecule has 0 saturated carbocycles. The standard InChI is InChI=1S/C43H63N15O21P2/c44-39(70)26-3-1-5-56(16-26)42-37(68)35(66)28(77-42)22-75-80(71,72)79-81(73,74)76-23-29-36(67)38(69)43(78-29)58-25-49-34-40(47-24-48-41(34)58)46-15-27-17-57(51-50-27)6-2-4-45-30(59)18-52-7-9-53(19-31(60)61)11-13-55(21-33(64)65)14-12-54(10-8-52)20-32(62)63/h1,3,5,16-17,24-25,28-29,35-38,42-43,66-69H,2,4,6-15,18-23H2,(H8-,44,45,46,47,48,59,60,61,62,63,64,65,70,71,72,73,74)/p+1/t28-,29-,35-,36-,37-,38-,42-,43-/m1/s1. The molecule has 2 amide bonds. The lowest BCUT2D eigenvalue weighted by atomic mass is 10.1. The van der Waals surface area contributed by atoms with E-state index in [9.17, 15) is 78.6 Å². The van der Waals surface area contributed by atoms with Crippen molar-refractivity contribution >= 4 is 62.3 Å². The number of primary amides is 1. The summed E-state index contributed by atoms with van der Waals surface area (Å²) in [6.45, 7) is -0.0205. The Hall–Kier alpha value is -6.15. The molecule has 446 valence electrons. The lowest BCUT2D eigenvalue weighted by molar-refractivity contribution is -0.765. The number of aliphatic hydroxyl groups excluding tert-OH is 4. The molecule has 2 unspecified atom stereocenters. The number of carbonyl (C=O) groups excluding carboxylic acids is 2. The van der Waals surface area contributed by atoms with Crippen molar-refractivity contribution in [3.8, 4) is 0 Å². The molecule has 38 heteroatoms. The van der Waals surface area contributed by atoms with E-state index < -0.39 is 102 Å². The number of amides is 2. The molecule has 36 nitrogen and oxygen atoms in total. The lowest BCUT2D eigenvalue weighted by Gasteiger charge is -2.32. The average Bonchev–Trinajstić information content (AvgIpc) is 4.29. The number of carboxylic acid groups (broad SMARTS) is 3. The van der Waals surface area contributed by atoms with Gasteiger partial charge in [-0.15, -0.1) is 5.10 Å². The molecule has 10 atom stereocenters. The number of aromatic nitrogens is 8. The van der Waals surface area contributed by atoms with Gasteiger partial charge in [0.25, 0.3) is 12.1 Å². The van der Waals surface area contributed by atoms with E-state index in [-0.39, 0.29) is 120 Å². The summed E-state index contributed by atoms with van der Waals surface area (Å²) < 4.78 is 54.8. The minimum Gasteiger partial charge on any atom is -0.480 e. The molecule has 4 aromatic heterocycles. The maximum atomic E-state index is 13.1. The van der Waals surface area contributed by atoms with Crippen LogP contribution in [0.4, 0.5) is 5.82 Å². The van der Waals surface area contributed by atoms with Crippen LogP contribution in [-0.4, -0.2) is 264 Å². The van der Waals surface area contributed by atoms with Crippen LogP contribution < -0.4 is 20.9 Å². The van der Waals surface area contributed by atoms with E-state index in [1.165, 1.54) is 46.3 Å². The van der Waals surface area contributed by atoms with Crippen LogP contribution in [0, 0.1) is 0 Å². The van der Waals surface area contributed by atoms with Gasteiger partial charge in [-0.25, -0.2) is 24.1 Å². The monoisotopic (exact) mass is 1190 g/mol. The van der Waals surface area contributed by atoms with Gasteiger partial charge in [0.05, 0.1) is 58.5 Å². The number of carbonyl (C=O) groups is 5. The summed E-state index contributed by atoms with van der Waals surface area (Å²) in [6.07, 6.45) is -5.33. The molecule has 3 saturated heterocycles. The normalized spacial score (nSPS) is 25.4. The Morgan fingerprint density at radius 2 is 1.31 bits per heavy atom. The molecule has 4 aromatic rings. The van der Waals surface area contributed by atoms with Gasteiger partial charge < -0.3 is 71.4 Å². The molecule has 0 bridgehead atoms. The maximum absolute atomic E-state index is 13.1. The second-order valence-electron chi connectivity index (χ2n) is 19.0. The van der Waals surface area contributed by atoms with E-state index in [0.29, 0.717) is 18.7 Å². The molecule has 7 rings (SSSR count). The first-order valence-corrected chi connectivity index (χ1v) is 28.0. The van der Waals surface area contributed by atoms with Gasteiger partial charge in [0.15, 0.2) is 41.7 Å². The Bertz CT molecular complexity index is 2890. The summed E-state index contributed by atoms with van der Waals surface area (Å²) in [7, 11) is -11.0. The van der Waals surface area contributed by atoms with E-state index in [2.05, 4.69) is 40.2 Å². The molecule has 3 aliphatic rings. The molecular formula is C43H64N15O21P2+. The van der Waals surface area contributed by atoms with Crippen molar-refractivity contribution in [2.45, 2.75) is 68.6 Å². The van der Waals surface area contributed by atoms with Crippen molar-refractivity contribution in [3.63, 3.8) is 0 Å². The van der Waals surface area contributed by atoms with Crippen LogP contribution in [0.2, 0.25) is 0 Å². The van der Waals surface area contributed by atoms with Crippen LogP contribution in [-0.2, 0) is 64.2 Å². The number of carboxylic acids is 3. The average molecular weight is 1190 g/mol. The first-order valence-electron chi connectivity index (χ1n) is 25.1. The van der Waals surface area contributed by atoms with Crippen LogP contribution in [0.15, 0.2) is 43.4 Å². The Morgan fingerprint density at radius 1 is 0.753 bits per heavy atom. The number of fused-ring (bicyclic) bond motifs is 1. The van der Waals surface area contributed by atoms with Gasteiger partial charge in [0.2, 0.25) is 5.91 Å². The van der Waals surface area contributed by atoms with E-state index >= 15 is 0 Å². The number of pyridine rings is 1. The highest BCUT2D eigenvalue weighted by Gasteiger charge is 2.50. The molecular weight excluding hydrogens is 1120 g/mol. The van der Waals surface area contributed by atoms with Crippen molar-refractivity contribution in [3.05, 3.63) is 54.6 Å². The number of phosphoric ester groups is 2. The number of aryl methyl sites for hydroxylation is 1. The number of nitrogens with one attached hydrogen (secondary N) is 2. The zero-order valence-electron chi connectivity index (χ0n) is 43.2. The molecule has 0 aliphatic carbocycles. The van der Waals surface area contributed by atoms with Crippen LogP contribution in [0.5, 0.6) is 0 Å². The Morgan fingerprint density at radius 3 is 1.88 bits per heavy atom. The predicted octanol–water partition coefficient (Wildman–Crippen LogP) is -5.41. The number of ether oxygens (including phenoxy) is 2. The fourth-order valence-corrected chi connectivity index (χ4v) is 11.0. The molecule has 7 heterocycles. The van der Waals surface area contributed by atoms with Crippen molar-refractivity contribution in [2.24, 2.45) is 5.73 Å². The number of imidazole rings is 1. The highest BCUT2D eigenvalue weighted by atomic mass is 31.3. The van der Waals surface area contributed by atoms with Crippen LogP contribution >= 0.6 is 15.6 Å². The highest BCUT2D eigenvalue weighted by Crippen LogP contribution is 2.61. The largest absolute Gasteiger partial charge is 0.481 e. The summed E-state index contributed by atoms with van der Waals surface area (Å²) in [5.41, 5.74) is 6.14. The maximum Gasteiger partial charge on any atom is 0.481 e. The summed E-state index contributed by atoms with van der Waals surface area (Å²) in [5, 5.41) is 85.5. The molecule has 0 radical (unpaired) electrons. The third kappa shape index (κ3) is 17.9. The summed E-state index contributed by atoms with van der Waals surface area (Å²) >= 11 is 0. The van der Waals surface area contributed by atoms with Crippen molar-refractivity contribution in [1.29, 1.82) is 0 Å². The second kappa shape index (κ2) is 28.2. The smallest absolute Gasteiger partial charge is 0.480 e. The third-order valence-corrected chi connectivity index (χ3v) is 15.6. The third-order valence-electron chi connectivity index (χ3n) is 13.0.